The highest BCUT2D eigenvalue weighted by molar-refractivity contribution is 4.79. The molecule has 0 aliphatic carbocycles. The molecule has 2 unspecified atom stereocenters. The van der Waals surface area contributed by atoms with Gasteiger partial charge < -0.3 is 10.2 Å². The Morgan fingerprint density at radius 2 is 2.20 bits per heavy atom. The van der Waals surface area contributed by atoms with Crippen LogP contribution in [0.25, 0.3) is 0 Å². The molecular weight excluding hydrogens is 184 g/mol. The van der Waals surface area contributed by atoms with E-state index in [-0.39, 0.29) is 0 Å². The maximum Gasteiger partial charge on any atom is 0.0218 e. The first kappa shape index (κ1) is 13.0. The summed E-state index contributed by atoms with van der Waals surface area (Å²) in [5.41, 5.74) is 0. The number of nitrogens with one attached hydrogen (secondary N) is 1. The molecule has 1 saturated heterocycles. The van der Waals surface area contributed by atoms with Gasteiger partial charge in [0.25, 0.3) is 0 Å². The van der Waals surface area contributed by atoms with Gasteiger partial charge in [0, 0.05) is 18.6 Å². The number of likely N-dealkylation sites (tertiary alicyclic amines) is 1. The molecule has 0 amide bonds. The summed E-state index contributed by atoms with van der Waals surface area (Å²) in [6, 6.07) is 1.54. The molecular formula is C13H28N2. The zero-order chi connectivity index (χ0) is 11.1. The van der Waals surface area contributed by atoms with E-state index in [4.69, 9.17) is 0 Å². The van der Waals surface area contributed by atoms with Crippen molar-refractivity contribution < 1.29 is 0 Å². The number of hydrogen-bond acceptors (Lipinski definition) is 2. The molecule has 2 atom stereocenters. The lowest BCUT2D eigenvalue weighted by molar-refractivity contribution is 0.286. The van der Waals surface area contributed by atoms with E-state index in [1.807, 2.05) is 0 Å². The summed E-state index contributed by atoms with van der Waals surface area (Å²) in [6.07, 6.45) is 8.08. The highest BCUT2D eigenvalue weighted by atomic mass is 15.2. The Morgan fingerprint density at radius 1 is 1.40 bits per heavy atom. The van der Waals surface area contributed by atoms with Crippen LogP contribution in [-0.4, -0.2) is 37.1 Å². The van der Waals surface area contributed by atoms with Crippen LogP contribution < -0.4 is 5.32 Å². The number of unbranched alkanes of at least 4 members (excludes halogenated alkanes) is 1. The van der Waals surface area contributed by atoms with Gasteiger partial charge >= 0.3 is 0 Å². The van der Waals surface area contributed by atoms with Crippen molar-refractivity contribution in [2.75, 3.05) is 20.1 Å². The van der Waals surface area contributed by atoms with E-state index in [9.17, 15) is 0 Å². The van der Waals surface area contributed by atoms with Crippen LogP contribution in [0.3, 0.4) is 0 Å². The molecule has 1 aliphatic rings. The second-order valence-electron chi connectivity index (χ2n) is 4.93. The number of nitrogens with zero attached hydrogens (tertiary/aromatic N) is 1. The SMILES string of the molecule is CCCCC(CC)NCC1CCCN1C. The van der Waals surface area contributed by atoms with Crippen molar-refractivity contribution in [1.82, 2.24) is 10.2 Å². The Balaban J connectivity index is 2.15. The Kier molecular flexibility index (Phi) is 6.26. The summed E-state index contributed by atoms with van der Waals surface area (Å²) in [7, 11) is 2.26. The van der Waals surface area contributed by atoms with Gasteiger partial charge in [-0.25, -0.2) is 0 Å². The van der Waals surface area contributed by atoms with Crippen LogP contribution in [0, 0.1) is 0 Å². The molecule has 2 nitrogen and oxygen atoms in total. The first-order chi connectivity index (χ1) is 7.27. The molecule has 0 saturated carbocycles. The van der Waals surface area contributed by atoms with Crippen molar-refractivity contribution in [2.24, 2.45) is 0 Å². The first-order valence-electron chi connectivity index (χ1n) is 6.71. The summed E-state index contributed by atoms with van der Waals surface area (Å²) in [5, 5.41) is 3.73. The summed E-state index contributed by atoms with van der Waals surface area (Å²) in [6.45, 7) is 7.06. The van der Waals surface area contributed by atoms with Crippen molar-refractivity contribution in [3.8, 4) is 0 Å². The van der Waals surface area contributed by atoms with Crippen LogP contribution in [0.5, 0.6) is 0 Å². The maximum absolute atomic E-state index is 3.73. The summed E-state index contributed by atoms with van der Waals surface area (Å²) in [4.78, 5) is 2.50. The minimum absolute atomic E-state index is 0.749. The third kappa shape index (κ3) is 4.52. The molecule has 1 aliphatic heterocycles. The topological polar surface area (TPSA) is 15.3 Å². The second-order valence-corrected chi connectivity index (χ2v) is 4.93. The molecule has 0 aromatic carbocycles. The average Bonchev–Trinajstić information content (AvgIpc) is 2.65. The molecule has 1 N–H and O–H groups in total. The van der Waals surface area contributed by atoms with E-state index in [1.54, 1.807) is 0 Å². The second kappa shape index (κ2) is 7.24. The standard InChI is InChI=1S/C13H28N2/c1-4-6-8-12(5-2)14-11-13-9-7-10-15(13)3/h12-14H,4-11H2,1-3H3. The highest BCUT2D eigenvalue weighted by Crippen LogP contribution is 2.14. The molecule has 0 aromatic heterocycles. The molecule has 1 heterocycles. The fourth-order valence-electron chi connectivity index (χ4n) is 2.44. The van der Waals surface area contributed by atoms with Crippen molar-refractivity contribution in [1.29, 1.82) is 0 Å². The zero-order valence-electron chi connectivity index (χ0n) is 10.8. The Hall–Kier alpha value is -0.0800. The van der Waals surface area contributed by atoms with Crippen LogP contribution in [0.15, 0.2) is 0 Å². The molecule has 1 rings (SSSR count). The van der Waals surface area contributed by atoms with Crippen molar-refractivity contribution >= 4 is 0 Å². The van der Waals surface area contributed by atoms with Gasteiger partial charge in [-0.15, -0.1) is 0 Å². The van der Waals surface area contributed by atoms with Crippen LogP contribution in [-0.2, 0) is 0 Å². The van der Waals surface area contributed by atoms with Gasteiger partial charge in [0.05, 0.1) is 0 Å². The van der Waals surface area contributed by atoms with Crippen molar-refractivity contribution in [3.63, 3.8) is 0 Å². The summed E-state index contributed by atoms with van der Waals surface area (Å²) < 4.78 is 0. The van der Waals surface area contributed by atoms with E-state index < -0.39 is 0 Å². The van der Waals surface area contributed by atoms with Crippen molar-refractivity contribution in [2.45, 2.75) is 64.5 Å². The molecule has 1 fully saturated rings. The largest absolute Gasteiger partial charge is 0.312 e. The molecule has 0 aromatic rings. The van der Waals surface area contributed by atoms with Gasteiger partial charge in [-0.1, -0.05) is 26.7 Å². The molecule has 90 valence electrons. The molecule has 15 heavy (non-hydrogen) atoms. The van der Waals surface area contributed by atoms with Gasteiger partial charge in [0.15, 0.2) is 0 Å². The Morgan fingerprint density at radius 3 is 2.73 bits per heavy atom. The van der Waals surface area contributed by atoms with E-state index in [1.165, 1.54) is 51.6 Å². The Labute approximate surface area is 95.4 Å². The fraction of sp³-hybridized carbons (Fsp3) is 1.00. The predicted octanol–water partition coefficient (Wildman–Crippen LogP) is 2.64. The number of rotatable bonds is 7. The smallest absolute Gasteiger partial charge is 0.0218 e. The lowest BCUT2D eigenvalue weighted by atomic mass is 10.1. The van der Waals surface area contributed by atoms with Gasteiger partial charge in [0.1, 0.15) is 0 Å². The van der Waals surface area contributed by atoms with E-state index in [2.05, 4.69) is 31.1 Å². The van der Waals surface area contributed by atoms with Crippen LogP contribution in [0.1, 0.15) is 52.4 Å². The van der Waals surface area contributed by atoms with Gasteiger partial charge in [0.2, 0.25) is 0 Å². The van der Waals surface area contributed by atoms with Crippen LogP contribution in [0.4, 0.5) is 0 Å². The van der Waals surface area contributed by atoms with E-state index >= 15 is 0 Å². The Bertz CT molecular complexity index is 159. The fourth-order valence-corrected chi connectivity index (χ4v) is 2.44. The van der Waals surface area contributed by atoms with Crippen LogP contribution in [0.2, 0.25) is 0 Å². The van der Waals surface area contributed by atoms with Crippen LogP contribution >= 0.6 is 0 Å². The average molecular weight is 212 g/mol. The van der Waals surface area contributed by atoms with E-state index in [0.29, 0.717) is 0 Å². The molecule has 0 radical (unpaired) electrons. The number of likely N-dealkylation sites (N-methyl/N-ethyl adjacent to an activating group) is 1. The van der Waals surface area contributed by atoms with E-state index in [0.717, 1.165) is 12.1 Å². The third-order valence-corrected chi connectivity index (χ3v) is 3.71. The summed E-state index contributed by atoms with van der Waals surface area (Å²) >= 11 is 0. The highest BCUT2D eigenvalue weighted by Gasteiger charge is 2.20. The quantitative estimate of drug-likeness (QED) is 0.698. The third-order valence-electron chi connectivity index (χ3n) is 3.71. The predicted molar refractivity (Wildman–Crippen MR) is 67.3 cm³/mol. The lowest BCUT2D eigenvalue weighted by Gasteiger charge is -2.23. The van der Waals surface area contributed by atoms with Gasteiger partial charge in [-0.3, -0.25) is 0 Å². The molecule has 2 heteroatoms. The lowest BCUT2D eigenvalue weighted by Crippen LogP contribution is -2.40. The minimum atomic E-state index is 0.749. The number of hydrogen-bond donors (Lipinski definition) is 1. The minimum Gasteiger partial charge on any atom is -0.312 e. The van der Waals surface area contributed by atoms with Crippen molar-refractivity contribution in [3.05, 3.63) is 0 Å². The van der Waals surface area contributed by atoms with Gasteiger partial charge in [-0.2, -0.15) is 0 Å². The normalized spacial score (nSPS) is 24.6. The molecule has 0 spiro atoms. The monoisotopic (exact) mass is 212 g/mol. The zero-order valence-corrected chi connectivity index (χ0v) is 10.8. The maximum atomic E-state index is 3.73. The first-order valence-corrected chi connectivity index (χ1v) is 6.71. The summed E-state index contributed by atoms with van der Waals surface area (Å²) in [5.74, 6) is 0. The van der Waals surface area contributed by atoms with Gasteiger partial charge in [-0.05, 0) is 39.3 Å². The molecule has 0 bridgehead atoms.